The summed E-state index contributed by atoms with van der Waals surface area (Å²) in [5, 5.41) is 37.1. The fourth-order valence-corrected chi connectivity index (χ4v) is 6.79. The molecule has 0 unspecified atom stereocenters. The standard InChI is InChI=1S/C32H39ClN10O3/c1-35-31(46)32-16-23(32)26(27(44)28(32)45)43-19-37-25-29(36-17-20-9-8-10-21(33)15-20)38-24(39-30(25)43)12-5-3-2-4-11-22-18-42(41-40-22)14-7-6-13-34/h8-10,15,18-19,23,26-28,44-45H,2-4,6-7,11,13-14,16-17,34H2,1H3,(H,35,46)(H,36,38,39)/t23-,26-,27+,28+,32+/m1/s1. The Bertz CT molecular complexity index is 1760. The van der Waals surface area contributed by atoms with Crippen molar-refractivity contribution in [2.24, 2.45) is 17.1 Å². The van der Waals surface area contributed by atoms with Crippen molar-refractivity contribution in [3.05, 3.63) is 58.9 Å². The summed E-state index contributed by atoms with van der Waals surface area (Å²) in [6.45, 7) is 1.95. The lowest BCUT2D eigenvalue weighted by Crippen LogP contribution is -2.41. The van der Waals surface area contributed by atoms with Crippen LogP contribution in [0.3, 0.4) is 0 Å². The highest BCUT2D eigenvalue weighted by Crippen LogP contribution is 2.67. The van der Waals surface area contributed by atoms with E-state index in [-0.39, 0.29) is 11.8 Å². The van der Waals surface area contributed by atoms with Crippen LogP contribution in [-0.2, 0) is 24.3 Å². The quantitative estimate of drug-likeness (QED) is 0.107. The number of hydrogen-bond acceptors (Lipinski definition) is 10. The first-order chi connectivity index (χ1) is 22.3. The van der Waals surface area contributed by atoms with Gasteiger partial charge in [0.05, 0.1) is 29.6 Å². The number of aromatic nitrogens is 7. The van der Waals surface area contributed by atoms with E-state index in [1.807, 2.05) is 35.1 Å². The van der Waals surface area contributed by atoms with E-state index in [0.717, 1.165) is 49.9 Å². The van der Waals surface area contributed by atoms with Gasteiger partial charge in [-0.15, -0.1) is 5.10 Å². The van der Waals surface area contributed by atoms with Gasteiger partial charge in [-0.3, -0.25) is 9.48 Å². The third kappa shape index (κ3) is 6.30. The molecule has 0 saturated heterocycles. The smallest absolute Gasteiger partial charge is 0.229 e. The Morgan fingerprint density at radius 3 is 2.89 bits per heavy atom. The molecule has 3 aromatic heterocycles. The predicted molar refractivity (Wildman–Crippen MR) is 173 cm³/mol. The highest BCUT2D eigenvalue weighted by molar-refractivity contribution is 6.30. The van der Waals surface area contributed by atoms with Crippen molar-refractivity contribution in [3.63, 3.8) is 0 Å². The SMILES string of the molecule is CNC(=O)[C@@]12C[C@@H]1[C@@H](n1cnc3c(NCc4cccc(Cl)c4)nc(C#CCCCCc4cn(CCCCN)nn4)nc31)[C@H](O)[C@@H]2O. The summed E-state index contributed by atoms with van der Waals surface area (Å²) in [7, 11) is 1.54. The summed E-state index contributed by atoms with van der Waals surface area (Å²) in [6, 6.07) is 6.95. The molecule has 0 aliphatic heterocycles. The van der Waals surface area contributed by atoms with Gasteiger partial charge in [-0.05, 0) is 68.7 Å². The van der Waals surface area contributed by atoms with Gasteiger partial charge in [0.2, 0.25) is 11.7 Å². The number of halogens is 1. The third-order valence-electron chi connectivity index (χ3n) is 9.03. The molecule has 0 radical (unpaired) electrons. The number of aryl methyl sites for hydroxylation is 2. The highest BCUT2D eigenvalue weighted by atomic mass is 35.5. The zero-order chi connectivity index (χ0) is 32.3. The van der Waals surface area contributed by atoms with Crippen molar-refractivity contribution < 1.29 is 15.0 Å². The molecule has 1 amide bonds. The minimum absolute atomic E-state index is 0.255. The van der Waals surface area contributed by atoms with Gasteiger partial charge < -0.3 is 31.1 Å². The van der Waals surface area contributed by atoms with E-state index in [4.69, 9.17) is 22.3 Å². The lowest BCUT2D eigenvalue weighted by Gasteiger charge is -2.23. The zero-order valence-electron chi connectivity index (χ0n) is 25.7. The normalized spacial score (nSPS) is 23.2. The Morgan fingerprint density at radius 1 is 1.22 bits per heavy atom. The van der Waals surface area contributed by atoms with Crippen molar-refractivity contribution in [1.82, 2.24) is 39.8 Å². The zero-order valence-corrected chi connectivity index (χ0v) is 26.5. The summed E-state index contributed by atoms with van der Waals surface area (Å²) in [5.74, 6) is 6.58. The van der Waals surface area contributed by atoms with Crippen LogP contribution in [0.25, 0.3) is 11.2 Å². The Morgan fingerprint density at radius 2 is 2.09 bits per heavy atom. The molecule has 5 atom stereocenters. The molecular weight excluding hydrogens is 608 g/mol. The van der Waals surface area contributed by atoms with E-state index in [1.165, 1.54) is 7.05 Å². The van der Waals surface area contributed by atoms with Crippen LogP contribution in [0.2, 0.25) is 5.02 Å². The van der Waals surface area contributed by atoms with Crippen LogP contribution in [0.5, 0.6) is 0 Å². The molecule has 6 N–H and O–H groups in total. The predicted octanol–water partition coefficient (Wildman–Crippen LogP) is 2.22. The second-order valence-corrected chi connectivity index (χ2v) is 12.5. The molecule has 2 aliphatic carbocycles. The van der Waals surface area contributed by atoms with Crippen molar-refractivity contribution in [3.8, 4) is 11.8 Å². The summed E-state index contributed by atoms with van der Waals surface area (Å²) in [5.41, 5.74) is 7.45. The first-order valence-corrected chi connectivity index (χ1v) is 16.1. The number of hydrogen-bond donors (Lipinski definition) is 5. The van der Waals surface area contributed by atoms with Crippen LogP contribution in [0, 0.1) is 23.2 Å². The molecular formula is C32H39ClN10O3. The maximum atomic E-state index is 12.7. The van der Waals surface area contributed by atoms with Gasteiger partial charge in [0, 0.05) is 43.7 Å². The van der Waals surface area contributed by atoms with Crippen LogP contribution in [-0.4, -0.2) is 76.4 Å². The van der Waals surface area contributed by atoms with Crippen molar-refractivity contribution in [2.75, 3.05) is 18.9 Å². The maximum Gasteiger partial charge on any atom is 0.229 e. The number of nitrogens with zero attached hydrogens (tertiary/aromatic N) is 7. The number of nitrogens with one attached hydrogen (secondary N) is 2. The molecule has 13 nitrogen and oxygen atoms in total. The van der Waals surface area contributed by atoms with Crippen molar-refractivity contribution >= 4 is 34.5 Å². The van der Waals surface area contributed by atoms with Crippen LogP contribution in [0.1, 0.15) is 61.6 Å². The minimum atomic E-state index is -1.19. The highest BCUT2D eigenvalue weighted by Gasteiger charge is 2.75. The Kier molecular flexibility index (Phi) is 9.51. The van der Waals surface area contributed by atoms with Gasteiger partial charge in [-0.2, -0.15) is 0 Å². The fraction of sp³-hybridized carbons (Fsp3) is 0.500. The molecule has 1 aromatic carbocycles. The molecule has 242 valence electrons. The monoisotopic (exact) mass is 646 g/mol. The molecule has 14 heteroatoms. The summed E-state index contributed by atoms with van der Waals surface area (Å²) in [6.07, 6.45) is 6.94. The van der Waals surface area contributed by atoms with Gasteiger partial charge in [-0.1, -0.05) is 34.9 Å². The molecule has 4 aromatic rings. The molecule has 3 heterocycles. The number of nitrogens with two attached hydrogens (primary N) is 1. The number of anilines is 1. The van der Waals surface area contributed by atoms with E-state index in [9.17, 15) is 15.0 Å². The Labute approximate surface area is 272 Å². The van der Waals surface area contributed by atoms with Crippen molar-refractivity contribution in [1.29, 1.82) is 0 Å². The van der Waals surface area contributed by atoms with Crippen LogP contribution < -0.4 is 16.4 Å². The average Bonchev–Trinajstić information content (AvgIpc) is 3.28. The number of amides is 1. The number of unbranched alkanes of at least 4 members (excludes halogenated alkanes) is 3. The second kappa shape index (κ2) is 13.7. The number of carbonyl (C=O) groups excluding carboxylic acids is 1. The summed E-state index contributed by atoms with van der Waals surface area (Å²) < 4.78 is 3.63. The summed E-state index contributed by atoms with van der Waals surface area (Å²) in [4.78, 5) is 26.7. The molecule has 2 fully saturated rings. The van der Waals surface area contributed by atoms with Crippen LogP contribution in [0.4, 0.5) is 5.82 Å². The number of fused-ring (bicyclic) bond motifs is 2. The lowest BCUT2D eigenvalue weighted by molar-refractivity contribution is -0.132. The van der Waals surface area contributed by atoms with E-state index >= 15 is 0 Å². The minimum Gasteiger partial charge on any atom is -0.389 e. The molecule has 0 bridgehead atoms. The van der Waals surface area contributed by atoms with Crippen molar-refractivity contribution in [2.45, 2.75) is 76.3 Å². The Hall–Kier alpha value is -4.09. The topological polar surface area (TPSA) is 182 Å². The first-order valence-electron chi connectivity index (χ1n) is 15.7. The van der Waals surface area contributed by atoms with Gasteiger partial charge in [0.25, 0.3) is 0 Å². The van der Waals surface area contributed by atoms with Crippen LogP contribution >= 0.6 is 11.6 Å². The third-order valence-corrected chi connectivity index (χ3v) is 9.26. The lowest BCUT2D eigenvalue weighted by atomic mass is 9.98. The van der Waals surface area contributed by atoms with E-state index in [1.54, 1.807) is 10.9 Å². The van der Waals surface area contributed by atoms with Gasteiger partial charge in [-0.25, -0.2) is 15.0 Å². The second-order valence-electron chi connectivity index (χ2n) is 12.0. The van der Waals surface area contributed by atoms with E-state index in [0.29, 0.717) is 53.8 Å². The van der Waals surface area contributed by atoms with E-state index < -0.39 is 23.7 Å². The summed E-state index contributed by atoms with van der Waals surface area (Å²) >= 11 is 6.19. The van der Waals surface area contributed by atoms with Crippen LogP contribution in [0.15, 0.2) is 36.8 Å². The molecule has 2 aliphatic rings. The fourth-order valence-electron chi connectivity index (χ4n) is 6.57. The number of benzene rings is 1. The average molecular weight is 647 g/mol. The largest absolute Gasteiger partial charge is 0.389 e. The van der Waals surface area contributed by atoms with Gasteiger partial charge in [0.15, 0.2) is 17.0 Å². The number of imidazole rings is 1. The maximum absolute atomic E-state index is 12.7. The van der Waals surface area contributed by atoms with E-state index in [2.05, 4.69) is 42.8 Å². The molecule has 2 saturated carbocycles. The molecule has 6 rings (SSSR count). The number of aliphatic hydroxyl groups is 2. The first kappa shape index (κ1) is 31.9. The number of carbonyl (C=O) groups is 1. The molecule has 46 heavy (non-hydrogen) atoms. The Balaban J connectivity index is 1.19. The van der Waals surface area contributed by atoms with Gasteiger partial charge in [0.1, 0.15) is 6.10 Å². The number of rotatable bonds is 13. The van der Waals surface area contributed by atoms with Gasteiger partial charge >= 0.3 is 0 Å². The molecule has 0 spiro atoms. The number of aliphatic hydroxyl groups excluding tert-OH is 2.